The average Bonchev–Trinajstić information content (AvgIpc) is 3.74. The van der Waals surface area contributed by atoms with Gasteiger partial charge in [0, 0.05) is 46.7 Å². The van der Waals surface area contributed by atoms with E-state index >= 15 is 0 Å². The molecule has 0 N–H and O–H groups in total. The van der Waals surface area contributed by atoms with Crippen LogP contribution in [0, 0.1) is 0 Å². The van der Waals surface area contributed by atoms with Crippen molar-refractivity contribution in [2.75, 3.05) is 4.90 Å². The van der Waals surface area contributed by atoms with Crippen LogP contribution in [0.3, 0.4) is 0 Å². The number of thiophene rings is 2. The highest BCUT2D eigenvalue weighted by molar-refractivity contribution is 7.26. The third-order valence-corrected chi connectivity index (χ3v) is 12.0. The molecule has 0 spiro atoms. The van der Waals surface area contributed by atoms with Crippen molar-refractivity contribution in [1.29, 1.82) is 0 Å². The van der Waals surface area contributed by atoms with Gasteiger partial charge in [-0.05, 0) is 76.2 Å². The highest BCUT2D eigenvalue weighted by Gasteiger charge is 2.21. The summed E-state index contributed by atoms with van der Waals surface area (Å²) in [4.78, 5) is 2.47. The Morgan fingerprint density at radius 2 is 0.918 bits per heavy atom. The molecule has 3 heteroatoms. The van der Waals surface area contributed by atoms with Crippen molar-refractivity contribution in [3.05, 3.63) is 176 Å². The van der Waals surface area contributed by atoms with Gasteiger partial charge in [-0.3, -0.25) is 0 Å². The zero-order chi connectivity index (χ0) is 32.3. The van der Waals surface area contributed by atoms with Crippen molar-refractivity contribution >= 4 is 90.9 Å². The third-order valence-electron chi connectivity index (χ3n) is 9.69. The van der Waals surface area contributed by atoms with Gasteiger partial charge in [0.15, 0.2) is 0 Å². The SMILES string of the molecule is c1ccc(-c2ccc(N(c3ccc(-c4ccc5sc6ccccc6c5c4)c4ccccc34)c3cccc4c3sc3ccccc34)cc2)cc1. The molecule has 0 aliphatic heterocycles. The Balaban J connectivity index is 1.20. The van der Waals surface area contributed by atoms with Crippen LogP contribution in [-0.4, -0.2) is 0 Å². The summed E-state index contributed by atoms with van der Waals surface area (Å²) < 4.78 is 5.26. The zero-order valence-electron chi connectivity index (χ0n) is 26.5. The first kappa shape index (κ1) is 28.3. The molecular formula is C46H29NS2. The van der Waals surface area contributed by atoms with E-state index in [1.165, 1.54) is 84.7 Å². The third kappa shape index (κ3) is 4.66. The summed E-state index contributed by atoms with van der Waals surface area (Å²) in [6.07, 6.45) is 0. The number of benzene rings is 8. The number of anilines is 3. The topological polar surface area (TPSA) is 3.24 Å². The van der Waals surface area contributed by atoms with E-state index in [1.807, 2.05) is 22.7 Å². The lowest BCUT2D eigenvalue weighted by molar-refractivity contribution is 1.32. The maximum absolute atomic E-state index is 2.47. The van der Waals surface area contributed by atoms with Crippen LogP contribution in [0.25, 0.3) is 73.4 Å². The molecule has 0 saturated carbocycles. The number of rotatable bonds is 5. The van der Waals surface area contributed by atoms with Crippen molar-refractivity contribution in [2.24, 2.45) is 0 Å². The van der Waals surface area contributed by atoms with E-state index in [2.05, 4.69) is 181 Å². The number of hydrogen-bond donors (Lipinski definition) is 0. The Morgan fingerprint density at radius 1 is 0.327 bits per heavy atom. The van der Waals surface area contributed by atoms with Gasteiger partial charge < -0.3 is 4.90 Å². The Morgan fingerprint density at radius 3 is 1.71 bits per heavy atom. The van der Waals surface area contributed by atoms with Crippen molar-refractivity contribution in [3.8, 4) is 22.3 Å². The lowest BCUT2D eigenvalue weighted by atomic mass is 9.95. The molecule has 0 unspecified atom stereocenters. The lowest BCUT2D eigenvalue weighted by Gasteiger charge is -2.28. The van der Waals surface area contributed by atoms with E-state index in [9.17, 15) is 0 Å². The predicted octanol–water partition coefficient (Wildman–Crippen LogP) is 14.4. The summed E-state index contributed by atoms with van der Waals surface area (Å²) >= 11 is 3.74. The largest absolute Gasteiger partial charge is 0.308 e. The molecule has 0 radical (unpaired) electrons. The van der Waals surface area contributed by atoms with Gasteiger partial charge in [0.1, 0.15) is 0 Å². The number of hydrogen-bond acceptors (Lipinski definition) is 3. The fourth-order valence-electron chi connectivity index (χ4n) is 7.37. The van der Waals surface area contributed by atoms with Gasteiger partial charge in [0.2, 0.25) is 0 Å². The van der Waals surface area contributed by atoms with Gasteiger partial charge in [-0.1, -0.05) is 127 Å². The standard InChI is InChI=1S/C46H29NS2/c1-2-11-30(12-3-1)31-21-24-33(25-22-31)47(42-18-10-17-39-37-15-6-9-20-44(37)49-46(39)42)41-27-26-34(35-13-4-5-14-36(35)41)32-23-28-45-40(29-32)38-16-7-8-19-43(38)48-45/h1-29H. The smallest absolute Gasteiger partial charge is 0.0640 e. The van der Waals surface area contributed by atoms with Crippen molar-refractivity contribution in [3.63, 3.8) is 0 Å². The maximum Gasteiger partial charge on any atom is 0.0640 e. The summed E-state index contributed by atoms with van der Waals surface area (Å²) in [6.45, 7) is 0. The molecule has 10 aromatic rings. The first-order chi connectivity index (χ1) is 24.3. The van der Waals surface area contributed by atoms with Crippen LogP contribution in [0.1, 0.15) is 0 Å². The summed E-state index contributed by atoms with van der Waals surface area (Å²) in [6, 6.07) is 64.4. The van der Waals surface area contributed by atoms with Gasteiger partial charge in [0.25, 0.3) is 0 Å². The van der Waals surface area contributed by atoms with Gasteiger partial charge in [0.05, 0.1) is 16.1 Å². The van der Waals surface area contributed by atoms with E-state index in [-0.39, 0.29) is 0 Å². The van der Waals surface area contributed by atoms with Crippen molar-refractivity contribution < 1.29 is 0 Å². The molecule has 0 amide bonds. The number of nitrogens with zero attached hydrogens (tertiary/aromatic N) is 1. The average molecular weight is 660 g/mol. The minimum Gasteiger partial charge on any atom is -0.308 e. The van der Waals surface area contributed by atoms with Gasteiger partial charge in [-0.25, -0.2) is 0 Å². The van der Waals surface area contributed by atoms with Crippen molar-refractivity contribution in [1.82, 2.24) is 0 Å². The molecule has 49 heavy (non-hydrogen) atoms. The monoisotopic (exact) mass is 659 g/mol. The summed E-state index contributed by atoms with van der Waals surface area (Å²) in [5.41, 5.74) is 8.40. The fraction of sp³-hybridized carbons (Fsp3) is 0. The number of fused-ring (bicyclic) bond motifs is 7. The maximum atomic E-state index is 2.47. The Kier molecular flexibility index (Phi) is 6.61. The minimum atomic E-state index is 1.13. The van der Waals surface area contributed by atoms with Crippen LogP contribution >= 0.6 is 22.7 Å². The Bertz CT molecular complexity index is 2830. The Labute approximate surface area is 292 Å². The second kappa shape index (κ2) is 11.5. The van der Waals surface area contributed by atoms with Crippen LogP contribution in [0.4, 0.5) is 17.1 Å². The fourth-order valence-corrected chi connectivity index (χ4v) is 9.67. The first-order valence-corrected chi connectivity index (χ1v) is 18.2. The predicted molar refractivity (Wildman–Crippen MR) is 215 cm³/mol. The molecule has 0 atom stereocenters. The molecule has 0 fully saturated rings. The van der Waals surface area contributed by atoms with E-state index in [0.717, 1.165) is 5.69 Å². The summed E-state index contributed by atoms with van der Waals surface area (Å²) in [7, 11) is 0. The van der Waals surface area contributed by atoms with Crippen LogP contribution in [0.5, 0.6) is 0 Å². The molecule has 2 heterocycles. The quantitative estimate of drug-likeness (QED) is 0.178. The van der Waals surface area contributed by atoms with Gasteiger partial charge >= 0.3 is 0 Å². The van der Waals surface area contributed by atoms with Gasteiger partial charge in [-0.15, -0.1) is 22.7 Å². The molecule has 0 aliphatic carbocycles. The highest BCUT2D eigenvalue weighted by atomic mass is 32.1. The molecular weight excluding hydrogens is 631 g/mol. The summed E-state index contributed by atoms with van der Waals surface area (Å²) in [5.74, 6) is 0. The molecule has 1 nitrogen and oxygen atoms in total. The van der Waals surface area contributed by atoms with E-state index < -0.39 is 0 Å². The normalized spacial score (nSPS) is 11.7. The highest BCUT2D eigenvalue weighted by Crippen LogP contribution is 2.48. The first-order valence-electron chi connectivity index (χ1n) is 16.6. The second-order valence-electron chi connectivity index (χ2n) is 12.5. The molecule has 0 aliphatic rings. The van der Waals surface area contributed by atoms with E-state index in [0.29, 0.717) is 0 Å². The van der Waals surface area contributed by atoms with Gasteiger partial charge in [-0.2, -0.15) is 0 Å². The van der Waals surface area contributed by atoms with Crippen LogP contribution < -0.4 is 4.90 Å². The molecule has 2 aromatic heterocycles. The van der Waals surface area contributed by atoms with Crippen LogP contribution in [0.15, 0.2) is 176 Å². The second-order valence-corrected chi connectivity index (χ2v) is 14.6. The molecule has 0 saturated heterocycles. The molecule has 0 bridgehead atoms. The molecule has 10 rings (SSSR count). The van der Waals surface area contributed by atoms with E-state index in [4.69, 9.17) is 0 Å². The lowest BCUT2D eigenvalue weighted by Crippen LogP contribution is -2.10. The molecule has 230 valence electrons. The van der Waals surface area contributed by atoms with Crippen molar-refractivity contribution in [2.45, 2.75) is 0 Å². The minimum absolute atomic E-state index is 1.13. The van der Waals surface area contributed by atoms with Crippen LogP contribution in [0.2, 0.25) is 0 Å². The zero-order valence-corrected chi connectivity index (χ0v) is 28.1. The van der Waals surface area contributed by atoms with Crippen LogP contribution in [-0.2, 0) is 0 Å². The Hall–Kier alpha value is -5.74. The summed E-state index contributed by atoms with van der Waals surface area (Å²) in [5, 5.41) is 7.71. The molecule has 8 aromatic carbocycles. The van der Waals surface area contributed by atoms with E-state index in [1.54, 1.807) is 0 Å².